The molecule has 80 valence electrons. The molecule has 0 spiro atoms. The van der Waals surface area contributed by atoms with Gasteiger partial charge in [-0.1, -0.05) is 0 Å². The molecule has 0 unspecified atom stereocenters. The monoisotopic (exact) mass is 207 g/mol. The minimum absolute atomic E-state index is 0.569. The fourth-order valence-corrected chi connectivity index (χ4v) is 1.33. The summed E-state index contributed by atoms with van der Waals surface area (Å²) in [7, 11) is 0. The number of imidazole rings is 1. The van der Waals surface area contributed by atoms with E-state index < -0.39 is 0 Å². The van der Waals surface area contributed by atoms with Gasteiger partial charge in [-0.25, -0.2) is 20.4 Å². The number of hydrogen-bond donors (Lipinski definition) is 1. The van der Waals surface area contributed by atoms with E-state index in [9.17, 15) is 0 Å². The molecule has 1 N–H and O–H groups in total. The quantitative estimate of drug-likeness (QED) is 0.763. The summed E-state index contributed by atoms with van der Waals surface area (Å²) < 4.78 is 1.95. The number of aryl methyl sites for hydroxylation is 1. The van der Waals surface area contributed by atoms with Crippen LogP contribution < -0.4 is 5.48 Å². The van der Waals surface area contributed by atoms with Gasteiger partial charge >= 0.3 is 0 Å². The molecular weight excluding hydrogens is 194 g/mol. The summed E-state index contributed by atoms with van der Waals surface area (Å²) in [6.45, 7) is 5.34. The van der Waals surface area contributed by atoms with Crippen molar-refractivity contribution in [3.63, 3.8) is 0 Å². The summed E-state index contributed by atoms with van der Waals surface area (Å²) in [6, 6.07) is 0. The highest BCUT2D eigenvalue weighted by Gasteiger charge is 2.08. The highest BCUT2D eigenvalue weighted by Crippen LogP contribution is 2.16. The summed E-state index contributed by atoms with van der Waals surface area (Å²) in [6.07, 6.45) is 3.24. The predicted molar refractivity (Wildman–Crippen MR) is 56.2 cm³/mol. The van der Waals surface area contributed by atoms with Crippen LogP contribution in [0.1, 0.15) is 13.8 Å². The minimum Gasteiger partial charge on any atom is -0.315 e. The van der Waals surface area contributed by atoms with Gasteiger partial charge in [0.25, 0.3) is 0 Å². The van der Waals surface area contributed by atoms with Crippen LogP contribution in [0.25, 0.3) is 11.2 Å². The Labute approximate surface area is 87.3 Å². The van der Waals surface area contributed by atoms with Crippen molar-refractivity contribution >= 4 is 17.0 Å². The van der Waals surface area contributed by atoms with Gasteiger partial charge in [0.1, 0.15) is 6.33 Å². The first-order valence-corrected chi connectivity index (χ1v) is 4.90. The highest BCUT2D eigenvalue weighted by atomic mass is 16.6. The van der Waals surface area contributed by atoms with E-state index in [1.54, 1.807) is 6.33 Å². The maximum absolute atomic E-state index is 5.08. The summed E-state index contributed by atoms with van der Waals surface area (Å²) >= 11 is 0. The van der Waals surface area contributed by atoms with Gasteiger partial charge in [-0.05, 0) is 13.8 Å². The van der Waals surface area contributed by atoms with E-state index >= 15 is 0 Å². The molecule has 0 aliphatic rings. The second-order valence-electron chi connectivity index (χ2n) is 2.96. The van der Waals surface area contributed by atoms with Crippen molar-refractivity contribution in [2.45, 2.75) is 20.4 Å². The maximum atomic E-state index is 5.08. The van der Waals surface area contributed by atoms with E-state index in [2.05, 4.69) is 20.4 Å². The van der Waals surface area contributed by atoms with E-state index in [0.717, 1.165) is 17.7 Å². The van der Waals surface area contributed by atoms with Gasteiger partial charge in [-0.2, -0.15) is 0 Å². The third-order valence-electron chi connectivity index (χ3n) is 2.06. The van der Waals surface area contributed by atoms with E-state index in [0.29, 0.717) is 12.4 Å². The first-order chi connectivity index (χ1) is 7.36. The van der Waals surface area contributed by atoms with E-state index in [-0.39, 0.29) is 0 Å². The Morgan fingerprint density at radius 2 is 2.20 bits per heavy atom. The van der Waals surface area contributed by atoms with Crippen LogP contribution in [-0.4, -0.2) is 26.1 Å². The minimum atomic E-state index is 0.569. The average Bonchev–Trinajstić information content (AvgIpc) is 2.69. The van der Waals surface area contributed by atoms with Crippen LogP contribution in [0.3, 0.4) is 0 Å². The zero-order chi connectivity index (χ0) is 10.7. The SMILES string of the molecule is CCONc1ncnc2c1ncn2CC. The van der Waals surface area contributed by atoms with Crippen LogP contribution in [0.15, 0.2) is 12.7 Å². The van der Waals surface area contributed by atoms with Crippen LogP contribution in [0.2, 0.25) is 0 Å². The third kappa shape index (κ3) is 1.75. The van der Waals surface area contributed by atoms with Crippen molar-refractivity contribution < 1.29 is 4.84 Å². The molecule has 2 aromatic heterocycles. The summed E-state index contributed by atoms with van der Waals surface area (Å²) in [5.74, 6) is 0.606. The second-order valence-corrected chi connectivity index (χ2v) is 2.96. The van der Waals surface area contributed by atoms with Gasteiger partial charge in [0.15, 0.2) is 17.0 Å². The summed E-state index contributed by atoms with van der Waals surface area (Å²) in [4.78, 5) is 17.6. The van der Waals surface area contributed by atoms with Gasteiger partial charge in [-0.15, -0.1) is 0 Å². The molecule has 0 saturated carbocycles. The molecule has 15 heavy (non-hydrogen) atoms. The van der Waals surface area contributed by atoms with E-state index in [4.69, 9.17) is 4.84 Å². The van der Waals surface area contributed by atoms with E-state index in [1.165, 1.54) is 6.33 Å². The van der Waals surface area contributed by atoms with Crippen molar-refractivity contribution in [2.24, 2.45) is 0 Å². The van der Waals surface area contributed by atoms with Gasteiger partial charge in [0.05, 0.1) is 12.9 Å². The number of aromatic nitrogens is 4. The molecule has 2 rings (SSSR count). The molecule has 0 radical (unpaired) electrons. The number of nitrogens with one attached hydrogen (secondary N) is 1. The lowest BCUT2D eigenvalue weighted by Crippen LogP contribution is -2.03. The van der Waals surface area contributed by atoms with Crippen LogP contribution in [-0.2, 0) is 11.4 Å². The second kappa shape index (κ2) is 4.22. The third-order valence-corrected chi connectivity index (χ3v) is 2.06. The van der Waals surface area contributed by atoms with Gasteiger partial charge in [-0.3, -0.25) is 4.84 Å². The molecule has 2 aromatic rings. The van der Waals surface area contributed by atoms with Crippen molar-refractivity contribution in [3.8, 4) is 0 Å². The van der Waals surface area contributed by atoms with Gasteiger partial charge in [0, 0.05) is 6.54 Å². The molecule has 0 fully saturated rings. The predicted octanol–water partition coefficient (Wildman–Crippen LogP) is 1.21. The van der Waals surface area contributed by atoms with Crippen molar-refractivity contribution in [3.05, 3.63) is 12.7 Å². The Balaban J connectivity index is 2.42. The van der Waals surface area contributed by atoms with Crippen molar-refractivity contribution in [1.29, 1.82) is 0 Å². The Hall–Kier alpha value is -1.69. The normalized spacial score (nSPS) is 10.8. The molecule has 6 heteroatoms. The fourth-order valence-electron chi connectivity index (χ4n) is 1.33. The number of nitrogens with zero attached hydrogens (tertiary/aromatic N) is 4. The Morgan fingerprint density at radius 3 is 2.93 bits per heavy atom. The molecule has 0 aliphatic carbocycles. The van der Waals surface area contributed by atoms with Crippen LogP contribution in [0.5, 0.6) is 0 Å². The lowest BCUT2D eigenvalue weighted by Gasteiger charge is -2.04. The van der Waals surface area contributed by atoms with Crippen LogP contribution in [0, 0.1) is 0 Å². The fraction of sp³-hybridized carbons (Fsp3) is 0.444. The molecule has 0 saturated heterocycles. The van der Waals surface area contributed by atoms with E-state index in [1.807, 2.05) is 18.4 Å². The number of rotatable bonds is 4. The maximum Gasteiger partial charge on any atom is 0.181 e. The molecule has 0 atom stereocenters. The molecule has 2 heterocycles. The lowest BCUT2D eigenvalue weighted by atomic mass is 10.5. The van der Waals surface area contributed by atoms with Gasteiger partial charge < -0.3 is 4.57 Å². The Morgan fingerprint density at radius 1 is 1.33 bits per heavy atom. The molecule has 0 bridgehead atoms. The smallest absolute Gasteiger partial charge is 0.181 e. The first kappa shape index (κ1) is 9.85. The zero-order valence-corrected chi connectivity index (χ0v) is 8.77. The Bertz CT molecular complexity index is 453. The van der Waals surface area contributed by atoms with Crippen molar-refractivity contribution in [2.75, 3.05) is 12.1 Å². The highest BCUT2D eigenvalue weighted by molar-refractivity contribution is 5.82. The molecule has 0 amide bonds. The topological polar surface area (TPSA) is 64.9 Å². The van der Waals surface area contributed by atoms with Crippen LogP contribution >= 0.6 is 0 Å². The summed E-state index contributed by atoms with van der Waals surface area (Å²) in [5.41, 5.74) is 4.29. The Kier molecular flexibility index (Phi) is 2.77. The average molecular weight is 207 g/mol. The van der Waals surface area contributed by atoms with Gasteiger partial charge in [0.2, 0.25) is 0 Å². The standard InChI is InChI=1S/C9H13N5O/c1-3-14-6-12-7-8(13-15-4-2)10-5-11-9(7)14/h5-6H,3-4H2,1-2H3,(H,10,11,13). The summed E-state index contributed by atoms with van der Waals surface area (Å²) in [5, 5.41) is 0. The van der Waals surface area contributed by atoms with Crippen molar-refractivity contribution in [1.82, 2.24) is 19.5 Å². The number of hydrogen-bond acceptors (Lipinski definition) is 5. The number of fused-ring (bicyclic) bond motifs is 1. The largest absolute Gasteiger partial charge is 0.315 e. The molecular formula is C9H13N5O. The molecule has 0 aromatic carbocycles. The molecule has 6 nitrogen and oxygen atoms in total. The van der Waals surface area contributed by atoms with Crippen LogP contribution in [0.4, 0.5) is 5.82 Å². The number of anilines is 1. The first-order valence-electron chi connectivity index (χ1n) is 4.90. The molecule has 0 aliphatic heterocycles. The zero-order valence-electron chi connectivity index (χ0n) is 8.77. The lowest BCUT2D eigenvalue weighted by molar-refractivity contribution is 0.209.